The molecule has 1 aliphatic rings. The largest absolute Gasteiger partial charge is 0.352 e. The van der Waals surface area contributed by atoms with Crippen molar-refractivity contribution < 1.29 is 13.2 Å². The number of nitrogens with zero attached hydrogens (tertiary/aromatic N) is 2. The zero-order chi connectivity index (χ0) is 18.8. The quantitative estimate of drug-likeness (QED) is 0.666. The second-order valence-corrected chi connectivity index (χ2v) is 8.51. The van der Waals surface area contributed by atoms with Crippen LogP contribution in [0, 0.1) is 19.8 Å². The summed E-state index contributed by atoms with van der Waals surface area (Å²) in [4.78, 5) is 12.6. The van der Waals surface area contributed by atoms with Crippen LogP contribution in [0.25, 0.3) is 0 Å². The van der Waals surface area contributed by atoms with E-state index in [2.05, 4.69) is 15.1 Å². The molecule has 3 unspecified atom stereocenters. The van der Waals surface area contributed by atoms with Crippen molar-refractivity contribution in [1.82, 2.24) is 19.8 Å². The molecule has 1 fully saturated rings. The first-order chi connectivity index (χ1) is 11.7. The lowest BCUT2D eigenvalue weighted by Crippen LogP contribution is -2.51. The maximum Gasteiger partial charge on any atom is 0.244 e. The standard InChI is InChI=1S/C16H29N5O3S/c1-10-15(12(3)21(4)19-10)25(23,24)20-11(2)16(22)18-14-8-6-5-7-13(14)9-17/h11,13-14,20H,5-9,17H2,1-4H3,(H,18,22). The Morgan fingerprint density at radius 1 is 1.36 bits per heavy atom. The molecule has 1 aliphatic carbocycles. The number of rotatable bonds is 6. The van der Waals surface area contributed by atoms with Gasteiger partial charge in [-0.2, -0.15) is 9.82 Å². The van der Waals surface area contributed by atoms with Gasteiger partial charge >= 0.3 is 0 Å². The van der Waals surface area contributed by atoms with E-state index in [1.807, 2.05) is 0 Å². The van der Waals surface area contributed by atoms with Crippen LogP contribution in [0.3, 0.4) is 0 Å². The fourth-order valence-electron chi connectivity index (χ4n) is 3.48. The maximum absolute atomic E-state index is 12.7. The van der Waals surface area contributed by atoms with Gasteiger partial charge in [-0.1, -0.05) is 12.8 Å². The summed E-state index contributed by atoms with van der Waals surface area (Å²) in [6, 6.07) is -0.857. The highest BCUT2D eigenvalue weighted by Crippen LogP contribution is 2.24. The summed E-state index contributed by atoms with van der Waals surface area (Å²) in [5.41, 5.74) is 6.73. The molecule has 1 aromatic rings. The first kappa shape index (κ1) is 19.9. The third-order valence-corrected chi connectivity index (χ3v) is 6.77. The van der Waals surface area contributed by atoms with E-state index >= 15 is 0 Å². The Hall–Kier alpha value is -1.45. The van der Waals surface area contributed by atoms with Crippen molar-refractivity contribution in [3.63, 3.8) is 0 Å². The molecule has 1 amide bonds. The van der Waals surface area contributed by atoms with Crippen molar-refractivity contribution in [3.8, 4) is 0 Å². The van der Waals surface area contributed by atoms with Crippen molar-refractivity contribution in [3.05, 3.63) is 11.4 Å². The average molecular weight is 372 g/mol. The Kier molecular flexibility index (Phi) is 6.23. The Morgan fingerprint density at radius 3 is 2.56 bits per heavy atom. The number of sulfonamides is 1. The van der Waals surface area contributed by atoms with Gasteiger partial charge in [-0.15, -0.1) is 0 Å². The summed E-state index contributed by atoms with van der Waals surface area (Å²) >= 11 is 0. The molecule has 0 saturated heterocycles. The Balaban J connectivity index is 2.07. The summed E-state index contributed by atoms with van der Waals surface area (Å²) in [5, 5.41) is 7.09. The molecule has 2 rings (SSSR count). The molecule has 1 aromatic heterocycles. The van der Waals surface area contributed by atoms with Crippen LogP contribution in [0.15, 0.2) is 4.90 Å². The molecule has 25 heavy (non-hydrogen) atoms. The van der Waals surface area contributed by atoms with Crippen molar-refractivity contribution in [2.24, 2.45) is 18.7 Å². The van der Waals surface area contributed by atoms with Gasteiger partial charge in [-0.25, -0.2) is 8.42 Å². The highest BCUT2D eigenvalue weighted by atomic mass is 32.2. The molecule has 4 N–H and O–H groups in total. The average Bonchev–Trinajstić information content (AvgIpc) is 2.80. The summed E-state index contributed by atoms with van der Waals surface area (Å²) in [7, 11) is -2.14. The first-order valence-electron chi connectivity index (χ1n) is 8.70. The van der Waals surface area contributed by atoms with E-state index in [0.29, 0.717) is 17.9 Å². The number of nitrogens with two attached hydrogens (primary N) is 1. The van der Waals surface area contributed by atoms with E-state index in [1.54, 1.807) is 27.8 Å². The molecule has 3 atom stereocenters. The zero-order valence-corrected chi connectivity index (χ0v) is 16.2. The van der Waals surface area contributed by atoms with E-state index in [4.69, 9.17) is 5.73 Å². The molecule has 0 radical (unpaired) electrons. The van der Waals surface area contributed by atoms with Crippen LogP contribution in [0.1, 0.15) is 44.0 Å². The number of carbonyl (C=O) groups is 1. The second-order valence-electron chi connectivity index (χ2n) is 6.86. The van der Waals surface area contributed by atoms with Gasteiger partial charge in [-0.05, 0) is 46.1 Å². The molecule has 0 aromatic carbocycles. The smallest absolute Gasteiger partial charge is 0.244 e. The van der Waals surface area contributed by atoms with Gasteiger partial charge in [0, 0.05) is 13.1 Å². The SMILES string of the molecule is Cc1nn(C)c(C)c1S(=O)(=O)NC(C)C(=O)NC1CCCCC1CN. The fraction of sp³-hybridized carbons (Fsp3) is 0.750. The minimum Gasteiger partial charge on any atom is -0.352 e. The monoisotopic (exact) mass is 371 g/mol. The molecule has 0 aliphatic heterocycles. The van der Waals surface area contributed by atoms with Gasteiger partial charge in [0.2, 0.25) is 15.9 Å². The molecule has 0 bridgehead atoms. The van der Waals surface area contributed by atoms with Crippen LogP contribution >= 0.6 is 0 Å². The number of hydrogen-bond acceptors (Lipinski definition) is 5. The number of nitrogens with one attached hydrogen (secondary N) is 2. The molecular formula is C16H29N5O3S. The second kappa shape index (κ2) is 7.84. The van der Waals surface area contributed by atoms with Gasteiger partial charge < -0.3 is 11.1 Å². The van der Waals surface area contributed by atoms with Crippen LogP contribution in [0.4, 0.5) is 0 Å². The van der Waals surface area contributed by atoms with Crippen LogP contribution in [0.2, 0.25) is 0 Å². The first-order valence-corrected chi connectivity index (χ1v) is 10.2. The van der Waals surface area contributed by atoms with Crippen molar-refractivity contribution >= 4 is 15.9 Å². The molecule has 142 valence electrons. The summed E-state index contributed by atoms with van der Waals surface area (Å²) < 4.78 is 29.3. The number of carbonyl (C=O) groups excluding carboxylic acids is 1. The summed E-state index contributed by atoms with van der Waals surface area (Å²) in [5.74, 6) is -0.0718. The molecule has 1 heterocycles. The third-order valence-electron chi connectivity index (χ3n) is 4.98. The van der Waals surface area contributed by atoms with Crippen LogP contribution < -0.4 is 15.8 Å². The van der Waals surface area contributed by atoms with Gasteiger partial charge in [0.1, 0.15) is 4.90 Å². The van der Waals surface area contributed by atoms with Crippen molar-refractivity contribution in [1.29, 1.82) is 0 Å². The Labute approximate surface area is 149 Å². The number of aromatic nitrogens is 2. The molecule has 0 spiro atoms. The lowest BCUT2D eigenvalue weighted by Gasteiger charge is -2.32. The molecule has 9 heteroatoms. The van der Waals surface area contributed by atoms with Crippen molar-refractivity contribution in [2.45, 2.75) is 63.4 Å². The highest BCUT2D eigenvalue weighted by Gasteiger charge is 2.30. The Bertz CT molecular complexity index is 728. The lowest BCUT2D eigenvalue weighted by atomic mass is 9.84. The predicted octanol–water partition coefficient (Wildman–Crippen LogP) is 0.337. The van der Waals surface area contributed by atoms with Gasteiger partial charge in [0.15, 0.2) is 0 Å². The van der Waals surface area contributed by atoms with E-state index in [9.17, 15) is 13.2 Å². The topological polar surface area (TPSA) is 119 Å². The normalized spacial score (nSPS) is 22.6. The van der Waals surface area contributed by atoms with E-state index in [1.165, 1.54) is 4.68 Å². The number of aryl methyl sites for hydroxylation is 2. The zero-order valence-electron chi connectivity index (χ0n) is 15.4. The van der Waals surface area contributed by atoms with Crippen LogP contribution in [-0.4, -0.2) is 42.7 Å². The summed E-state index contributed by atoms with van der Waals surface area (Å²) in [6.45, 7) is 5.40. The van der Waals surface area contributed by atoms with Gasteiger partial charge in [0.05, 0.1) is 17.4 Å². The molecule has 8 nitrogen and oxygen atoms in total. The Morgan fingerprint density at radius 2 is 2.00 bits per heavy atom. The number of hydrogen-bond donors (Lipinski definition) is 3. The fourth-order valence-corrected chi connectivity index (χ4v) is 5.12. The van der Waals surface area contributed by atoms with Gasteiger partial charge in [-0.3, -0.25) is 9.48 Å². The van der Waals surface area contributed by atoms with Crippen LogP contribution in [-0.2, 0) is 21.9 Å². The highest BCUT2D eigenvalue weighted by molar-refractivity contribution is 7.89. The predicted molar refractivity (Wildman–Crippen MR) is 95.4 cm³/mol. The molecular weight excluding hydrogens is 342 g/mol. The van der Waals surface area contributed by atoms with Crippen LogP contribution in [0.5, 0.6) is 0 Å². The summed E-state index contributed by atoms with van der Waals surface area (Å²) in [6.07, 6.45) is 4.05. The third kappa shape index (κ3) is 4.39. The maximum atomic E-state index is 12.7. The number of amides is 1. The molecule has 1 saturated carbocycles. The van der Waals surface area contributed by atoms with E-state index < -0.39 is 16.1 Å². The lowest BCUT2D eigenvalue weighted by molar-refractivity contribution is -0.123. The van der Waals surface area contributed by atoms with E-state index in [-0.39, 0.29) is 22.8 Å². The van der Waals surface area contributed by atoms with Crippen molar-refractivity contribution in [2.75, 3.05) is 6.54 Å². The van der Waals surface area contributed by atoms with Gasteiger partial charge in [0.25, 0.3) is 0 Å². The van der Waals surface area contributed by atoms with E-state index in [0.717, 1.165) is 25.7 Å². The minimum absolute atomic E-state index is 0.0140. The minimum atomic E-state index is -3.82.